The Morgan fingerprint density at radius 2 is 1.94 bits per heavy atom. The molecule has 0 bridgehead atoms. The van der Waals surface area contributed by atoms with Gasteiger partial charge in [-0.1, -0.05) is 11.6 Å². The van der Waals surface area contributed by atoms with E-state index in [0.717, 1.165) is 27.0 Å². The van der Waals surface area contributed by atoms with Crippen LogP contribution in [0.5, 0.6) is 0 Å². The summed E-state index contributed by atoms with van der Waals surface area (Å²) < 4.78 is 0. The van der Waals surface area contributed by atoms with Crippen molar-refractivity contribution in [2.24, 2.45) is 0 Å². The number of thiophene rings is 1. The van der Waals surface area contributed by atoms with Gasteiger partial charge in [-0.05, 0) is 36.4 Å². The lowest BCUT2D eigenvalue weighted by molar-refractivity contribution is 1.19. The molecular weight excluding hydrogens is 240 g/mol. The van der Waals surface area contributed by atoms with Crippen molar-refractivity contribution >= 4 is 28.6 Å². The van der Waals surface area contributed by atoms with Crippen molar-refractivity contribution < 1.29 is 0 Å². The van der Waals surface area contributed by atoms with E-state index in [0.29, 0.717) is 0 Å². The monoisotopic (exact) mass is 248 g/mol. The van der Waals surface area contributed by atoms with Gasteiger partial charge in [-0.3, -0.25) is 0 Å². The van der Waals surface area contributed by atoms with E-state index in [-0.39, 0.29) is 0 Å². The van der Waals surface area contributed by atoms with E-state index in [1.54, 1.807) is 0 Å². The van der Waals surface area contributed by atoms with Crippen molar-refractivity contribution in [2.75, 3.05) is 5.32 Å². The fourth-order valence-electron chi connectivity index (χ4n) is 1.29. The molecule has 1 heterocycles. The number of rotatable bonds is 3. The van der Waals surface area contributed by atoms with Crippen LogP contribution >= 0.6 is 22.9 Å². The second-order valence-corrected chi connectivity index (χ2v) is 4.84. The lowest BCUT2D eigenvalue weighted by Crippen LogP contribution is -1.96. The SMILES string of the molecule is N#Cc1ccc(CNc2ccc(Cl)cc2)s1. The highest BCUT2D eigenvalue weighted by molar-refractivity contribution is 7.12. The molecule has 80 valence electrons. The van der Waals surface area contributed by atoms with Crippen LogP contribution in [0.4, 0.5) is 5.69 Å². The van der Waals surface area contributed by atoms with Gasteiger partial charge in [0.15, 0.2) is 0 Å². The largest absolute Gasteiger partial charge is 0.380 e. The zero-order chi connectivity index (χ0) is 11.4. The minimum Gasteiger partial charge on any atom is -0.380 e. The third-order valence-corrected chi connectivity index (χ3v) is 3.32. The smallest absolute Gasteiger partial charge is 0.110 e. The van der Waals surface area contributed by atoms with Gasteiger partial charge in [-0.2, -0.15) is 5.26 Å². The molecule has 0 radical (unpaired) electrons. The minimum atomic E-state index is 0.730. The Hall–Kier alpha value is -1.50. The maximum absolute atomic E-state index is 8.69. The zero-order valence-electron chi connectivity index (χ0n) is 8.40. The van der Waals surface area contributed by atoms with Gasteiger partial charge < -0.3 is 5.32 Å². The summed E-state index contributed by atoms with van der Waals surface area (Å²) in [6.45, 7) is 0.730. The summed E-state index contributed by atoms with van der Waals surface area (Å²) in [5.74, 6) is 0. The molecule has 1 N–H and O–H groups in total. The fourth-order valence-corrected chi connectivity index (χ4v) is 2.16. The molecule has 0 saturated carbocycles. The zero-order valence-corrected chi connectivity index (χ0v) is 9.98. The molecule has 2 nitrogen and oxygen atoms in total. The Morgan fingerprint density at radius 3 is 2.56 bits per heavy atom. The van der Waals surface area contributed by atoms with Crippen molar-refractivity contribution in [1.82, 2.24) is 0 Å². The summed E-state index contributed by atoms with van der Waals surface area (Å²) in [7, 11) is 0. The van der Waals surface area contributed by atoms with E-state index in [1.165, 1.54) is 11.3 Å². The molecule has 0 aliphatic rings. The highest BCUT2D eigenvalue weighted by Gasteiger charge is 1.99. The standard InChI is InChI=1S/C12H9ClN2S/c13-9-1-3-10(4-2-9)15-8-12-6-5-11(7-14)16-12/h1-6,15H,8H2. The van der Waals surface area contributed by atoms with E-state index in [9.17, 15) is 0 Å². The van der Waals surface area contributed by atoms with Gasteiger partial charge in [0.2, 0.25) is 0 Å². The predicted octanol–water partition coefficient (Wildman–Crippen LogP) is 3.89. The Kier molecular flexibility index (Phi) is 3.45. The number of nitriles is 1. The lowest BCUT2D eigenvalue weighted by Gasteiger charge is -2.04. The normalized spacial score (nSPS) is 9.75. The predicted molar refractivity (Wildman–Crippen MR) is 67.8 cm³/mol. The van der Waals surface area contributed by atoms with E-state index in [1.807, 2.05) is 36.4 Å². The quantitative estimate of drug-likeness (QED) is 0.895. The fraction of sp³-hybridized carbons (Fsp3) is 0.0833. The number of nitrogens with zero attached hydrogens (tertiary/aromatic N) is 1. The van der Waals surface area contributed by atoms with Gasteiger partial charge in [0.1, 0.15) is 10.9 Å². The van der Waals surface area contributed by atoms with Crippen LogP contribution in [0.25, 0.3) is 0 Å². The van der Waals surface area contributed by atoms with Crippen LogP contribution in [0.3, 0.4) is 0 Å². The summed E-state index contributed by atoms with van der Waals surface area (Å²) in [6.07, 6.45) is 0. The number of hydrogen-bond acceptors (Lipinski definition) is 3. The van der Waals surface area contributed by atoms with E-state index < -0.39 is 0 Å². The molecule has 1 aromatic carbocycles. The minimum absolute atomic E-state index is 0.730. The van der Waals surface area contributed by atoms with Gasteiger partial charge >= 0.3 is 0 Å². The van der Waals surface area contributed by atoms with Gasteiger partial charge in [0.25, 0.3) is 0 Å². The maximum Gasteiger partial charge on any atom is 0.110 e. The molecule has 0 spiro atoms. The third-order valence-electron chi connectivity index (χ3n) is 2.08. The molecule has 16 heavy (non-hydrogen) atoms. The first-order chi connectivity index (χ1) is 7.78. The summed E-state index contributed by atoms with van der Waals surface area (Å²) in [5.41, 5.74) is 1.02. The lowest BCUT2D eigenvalue weighted by atomic mass is 10.3. The van der Waals surface area contributed by atoms with Crippen LogP contribution in [-0.2, 0) is 6.54 Å². The molecule has 4 heteroatoms. The van der Waals surface area contributed by atoms with E-state index in [2.05, 4.69) is 11.4 Å². The topological polar surface area (TPSA) is 35.8 Å². The van der Waals surface area contributed by atoms with Gasteiger partial charge in [-0.15, -0.1) is 11.3 Å². The molecular formula is C12H9ClN2S. The van der Waals surface area contributed by atoms with Crippen molar-refractivity contribution in [1.29, 1.82) is 5.26 Å². The molecule has 0 unspecified atom stereocenters. The van der Waals surface area contributed by atoms with Crippen LogP contribution in [0, 0.1) is 11.3 Å². The number of benzene rings is 1. The van der Waals surface area contributed by atoms with Gasteiger partial charge in [0.05, 0.1) is 0 Å². The van der Waals surface area contributed by atoms with Crippen LogP contribution < -0.4 is 5.32 Å². The van der Waals surface area contributed by atoms with Crippen molar-refractivity contribution in [2.45, 2.75) is 6.54 Å². The average molecular weight is 249 g/mol. The molecule has 2 rings (SSSR count). The number of halogens is 1. The Labute approximate surface area is 103 Å². The summed E-state index contributed by atoms with van der Waals surface area (Å²) in [4.78, 5) is 1.89. The van der Waals surface area contributed by atoms with Gasteiger partial charge in [0, 0.05) is 22.1 Å². The van der Waals surface area contributed by atoms with Crippen molar-refractivity contribution in [3.63, 3.8) is 0 Å². The molecule has 0 saturated heterocycles. The van der Waals surface area contributed by atoms with Crippen molar-refractivity contribution in [3.8, 4) is 6.07 Å². The number of nitrogens with one attached hydrogen (secondary N) is 1. The molecule has 0 aliphatic heterocycles. The van der Waals surface area contributed by atoms with Crippen LogP contribution in [0.1, 0.15) is 9.75 Å². The molecule has 0 aliphatic carbocycles. The second kappa shape index (κ2) is 5.02. The highest BCUT2D eigenvalue weighted by atomic mass is 35.5. The number of hydrogen-bond donors (Lipinski definition) is 1. The van der Waals surface area contributed by atoms with Crippen LogP contribution in [0.15, 0.2) is 36.4 Å². The Bertz CT molecular complexity index is 511. The Morgan fingerprint density at radius 1 is 1.19 bits per heavy atom. The first-order valence-electron chi connectivity index (χ1n) is 4.76. The van der Waals surface area contributed by atoms with E-state index >= 15 is 0 Å². The summed E-state index contributed by atoms with van der Waals surface area (Å²) in [5, 5.41) is 12.7. The maximum atomic E-state index is 8.69. The third kappa shape index (κ3) is 2.75. The average Bonchev–Trinajstić information content (AvgIpc) is 2.76. The first-order valence-corrected chi connectivity index (χ1v) is 5.95. The summed E-state index contributed by atoms with van der Waals surface area (Å²) in [6, 6.07) is 13.5. The second-order valence-electron chi connectivity index (χ2n) is 3.24. The van der Waals surface area contributed by atoms with Gasteiger partial charge in [-0.25, -0.2) is 0 Å². The first kappa shape index (κ1) is 11.0. The van der Waals surface area contributed by atoms with Crippen LogP contribution in [0.2, 0.25) is 5.02 Å². The van der Waals surface area contributed by atoms with Crippen molar-refractivity contribution in [3.05, 3.63) is 51.2 Å². The van der Waals surface area contributed by atoms with Crippen LogP contribution in [-0.4, -0.2) is 0 Å². The van der Waals surface area contributed by atoms with E-state index in [4.69, 9.17) is 16.9 Å². The highest BCUT2D eigenvalue weighted by Crippen LogP contribution is 2.18. The summed E-state index contributed by atoms with van der Waals surface area (Å²) >= 11 is 7.29. The number of anilines is 1. The molecule has 0 amide bonds. The molecule has 1 aromatic heterocycles. The molecule has 0 atom stereocenters. The molecule has 2 aromatic rings. The molecule has 0 fully saturated rings. The Balaban J connectivity index is 1.97.